The van der Waals surface area contributed by atoms with E-state index in [1.54, 1.807) is 12.1 Å². The largest absolute Gasteiger partial charge is 0.494 e. The zero-order valence-corrected chi connectivity index (χ0v) is 12.2. The summed E-state index contributed by atoms with van der Waals surface area (Å²) in [5.74, 6) is 1.75. The minimum atomic E-state index is -0.312. The summed E-state index contributed by atoms with van der Waals surface area (Å²) >= 11 is 0. The van der Waals surface area contributed by atoms with Crippen LogP contribution in [0.1, 0.15) is 12.5 Å². The lowest BCUT2D eigenvalue weighted by Gasteiger charge is -2.12. The highest BCUT2D eigenvalue weighted by molar-refractivity contribution is 5.73. The van der Waals surface area contributed by atoms with Crippen molar-refractivity contribution in [2.75, 3.05) is 13.7 Å². The van der Waals surface area contributed by atoms with E-state index in [1.807, 2.05) is 43.3 Å². The molecule has 110 valence electrons. The summed E-state index contributed by atoms with van der Waals surface area (Å²) in [6, 6.07) is 14.9. The molecule has 21 heavy (non-hydrogen) atoms. The van der Waals surface area contributed by atoms with Gasteiger partial charge < -0.3 is 14.2 Å². The van der Waals surface area contributed by atoms with Crippen molar-refractivity contribution in [3.8, 4) is 17.2 Å². The lowest BCUT2D eigenvalue weighted by Crippen LogP contribution is -2.07. The molecule has 0 aliphatic rings. The van der Waals surface area contributed by atoms with Crippen molar-refractivity contribution in [1.82, 2.24) is 0 Å². The third kappa shape index (κ3) is 4.24. The van der Waals surface area contributed by atoms with Crippen LogP contribution in [-0.4, -0.2) is 19.7 Å². The molecular weight excluding hydrogens is 268 g/mol. The Morgan fingerprint density at radius 3 is 2.48 bits per heavy atom. The first-order chi connectivity index (χ1) is 10.2. The summed E-state index contributed by atoms with van der Waals surface area (Å²) in [4.78, 5) is 11.5. The molecule has 0 spiro atoms. The van der Waals surface area contributed by atoms with Gasteiger partial charge in [0.15, 0.2) is 0 Å². The fraction of sp³-hybridized carbons (Fsp3) is 0.235. The fourth-order valence-electron chi connectivity index (χ4n) is 1.91. The molecule has 2 rings (SSSR count). The minimum absolute atomic E-state index is 0.151. The molecule has 4 heteroatoms. The Hall–Kier alpha value is -2.49. The molecule has 0 atom stereocenters. The molecule has 0 saturated carbocycles. The van der Waals surface area contributed by atoms with Crippen molar-refractivity contribution in [1.29, 1.82) is 0 Å². The van der Waals surface area contributed by atoms with Crippen LogP contribution in [0.2, 0.25) is 0 Å². The van der Waals surface area contributed by atoms with Crippen LogP contribution in [0.15, 0.2) is 48.5 Å². The standard InChI is InChI=1S/C17H18O4/c1-3-20-16-10-9-15(11-13(16)12-17(18)19-2)21-14-7-5-4-6-8-14/h4-11H,3,12H2,1-2H3. The zero-order chi connectivity index (χ0) is 15.1. The van der Waals surface area contributed by atoms with Crippen LogP contribution in [-0.2, 0) is 16.0 Å². The van der Waals surface area contributed by atoms with E-state index in [1.165, 1.54) is 7.11 Å². The maximum atomic E-state index is 11.5. The molecule has 0 aliphatic heterocycles. The summed E-state index contributed by atoms with van der Waals surface area (Å²) in [5.41, 5.74) is 0.747. The van der Waals surface area contributed by atoms with E-state index in [4.69, 9.17) is 14.2 Å². The topological polar surface area (TPSA) is 44.8 Å². The number of hydrogen-bond acceptors (Lipinski definition) is 4. The first-order valence-electron chi connectivity index (χ1n) is 6.78. The SMILES string of the molecule is CCOc1ccc(Oc2ccccc2)cc1CC(=O)OC. The van der Waals surface area contributed by atoms with Gasteiger partial charge in [0.2, 0.25) is 0 Å². The van der Waals surface area contributed by atoms with E-state index in [2.05, 4.69) is 0 Å². The van der Waals surface area contributed by atoms with Gasteiger partial charge in [-0.3, -0.25) is 4.79 Å². The molecule has 0 bridgehead atoms. The van der Waals surface area contributed by atoms with Gasteiger partial charge >= 0.3 is 5.97 Å². The Balaban J connectivity index is 2.23. The third-order valence-corrected chi connectivity index (χ3v) is 2.87. The molecule has 0 aliphatic carbocycles. The minimum Gasteiger partial charge on any atom is -0.494 e. The fourth-order valence-corrected chi connectivity index (χ4v) is 1.91. The molecule has 4 nitrogen and oxygen atoms in total. The molecular formula is C17H18O4. The van der Waals surface area contributed by atoms with Crippen LogP contribution >= 0.6 is 0 Å². The lowest BCUT2D eigenvalue weighted by molar-refractivity contribution is -0.139. The average molecular weight is 286 g/mol. The van der Waals surface area contributed by atoms with Gasteiger partial charge in [0.1, 0.15) is 17.2 Å². The van der Waals surface area contributed by atoms with Crippen molar-refractivity contribution < 1.29 is 19.0 Å². The average Bonchev–Trinajstić information content (AvgIpc) is 2.51. The van der Waals surface area contributed by atoms with Gasteiger partial charge in [0, 0.05) is 5.56 Å². The van der Waals surface area contributed by atoms with Crippen molar-refractivity contribution in [2.24, 2.45) is 0 Å². The second-order valence-electron chi connectivity index (χ2n) is 4.37. The molecule has 0 unspecified atom stereocenters. The van der Waals surface area contributed by atoms with Crippen LogP contribution in [0.25, 0.3) is 0 Å². The number of benzene rings is 2. The number of para-hydroxylation sites is 1. The Morgan fingerprint density at radius 2 is 1.81 bits per heavy atom. The quantitative estimate of drug-likeness (QED) is 0.761. The molecule has 0 saturated heterocycles. The zero-order valence-electron chi connectivity index (χ0n) is 12.2. The second kappa shape index (κ2) is 7.33. The van der Waals surface area contributed by atoms with Gasteiger partial charge in [-0.2, -0.15) is 0 Å². The van der Waals surface area contributed by atoms with E-state index >= 15 is 0 Å². The number of carbonyl (C=O) groups is 1. The van der Waals surface area contributed by atoms with Gasteiger partial charge in [-0.25, -0.2) is 0 Å². The van der Waals surface area contributed by atoms with Crippen LogP contribution in [0.5, 0.6) is 17.2 Å². The maximum absolute atomic E-state index is 11.5. The number of carbonyl (C=O) groups excluding carboxylic acids is 1. The highest BCUT2D eigenvalue weighted by Crippen LogP contribution is 2.28. The van der Waals surface area contributed by atoms with Crippen molar-refractivity contribution >= 4 is 5.97 Å². The lowest BCUT2D eigenvalue weighted by atomic mass is 10.1. The van der Waals surface area contributed by atoms with Gasteiger partial charge in [0.25, 0.3) is 0 Å². The smallest absolute Gasteiger partial charge is 0.310 e. The summed E-state index contributed by atoms with van der Waals surface area (Å²) < 4.78 is 16.0. The normalized spacial score (nSPS) is 10.0. The van der Waals surface area contributed by atoms with E-state index in [0.29, 0.717) is 18.1 Å². The van der Waals surface area contributed by atoms with Gasteiger partial charge in [-0.05, 0) is 37.3 Å². The number of ether oxygens (including phenoxy) is 3. The molecule has 0 amide bonds. The predicted octanol–water partition coefficient (Wildman–Crippen LogP) is 3.59. The van der Waals surface area contributed by atoms with E-state index < -0.39 is 0 Å². The first-order valence-corrected chi connectivity index (χ1v) is 6.78. The van der Waals surface area contributed by atoms with Crippen LogP contribution < -0.4 is 9.47 Å². The Labute approximate surface area is 124 Å². The Kier molecular flexibility index (Phi) is 5.21. The van der Waals surface area contributed by atoms with Crippen LogP contribution in [0.3, 0.4) is 0 Å². The molecule has 0 radical (unpaired) electrons. The molecule has 0 N–H and O–H groups in total. The summed E-state index contributed by atoms with van der Waals surface area (Å²) in [6.45, 7) is 2.43. The monoisotopic (exact) mass is 286 g/mol. The third-order valence-electron chi connectivity index (χ3n) is 2.87. The number of methoxy groups -OCH3 is 1. The van der Waals surface area contributed by atoms with Gasteiger partial charge in [-0.1, -0.05) is 18.2 Å². The molecule has 0 fully saturated rings. The molecule has 0 heterocycles. The highest BCUT2D eigenvalue weighted by Gasteiger charge is 2.11. The molecule has 0 aromatic heterocycles. The molecule has 2 aromatic carbocycles. The summed E-state index contributed by atoms with van der Waals surface area (Å²) in [6.07, 6.45) is 0.151. The van der Waals surface area contributed by atoms with Gasteiger partial charge in [0.05, 0.1) is 20.1 Å². The first kappa shape index (κ1) is 14.9. The Bertz CT molecular complexity index is 593. The summed E-state index contributed by atoms with van der Waals surface area (Å²) in [5, 5.41) is 0. The Morgan fingerprint density at radius 1 is 1.05 bits per heavy atom. The van der Waals surface area contributed by atoms with Crippen molar-refractivity contribution in [3.05, 3.63) is 54.1 Å². The van der Waals surface area contributed by atoms with Crippen LogP contribution in [0, 0.1) is 0 Å². The predicted molar refractivity (Wildman–Crippen MR) is 79.8 cm³/mol. The highest BCUT2D eigenvalue weighted by atomic mass is 16.5. The second-order valence-corrected chi connectivity index (χ2v) is 4.37. The van der Waals surface area contributed by atoms with E-state index in [0.717, 1.165) is 11.3 Å². The maximum Gasteiger partial charge on any atom is 0.310 e. The molecule has 2 aromatic rings. The summed E-state index contributed by atoms with van der Waals surface area (Å²) in [7, 11) is 1.37. The van der Waals surface area contributed by atoms with Gasteiger partial charge in [-0.15, -0.1) is 0 Å². The number of esters is 1. The van der Waals surface area contributed by atoms with Crippen molar-refractivity contribution in [3.63, 3.8) is 0 Å². The van der Waals surface area contributed by atoms with Crippen LogP contribution in [0.4, 0.5) is 0 Å². The van der Waals surface area contributed by atoms with E-state index in [-0.39, 0.29) is 12.4 Å². The van der Waals surface area contributed by atoms with E-state index in [9.17, 15) is 4.79 Å². The van der Waals surface area contributed by atoms with Crippen molar-refractivity contribution in [2.45, 2.75) is 13.3 Å². The number of hydrogen-bond donors (Lipinski definition) is 0. The number of rotatable bonds is 6.